The summed E-state index contributed by atoms with van der Waals surface area (Å²) in [7, 11) is 1.76. The Bertz CT molecular complexity index is 979. The van der Waals surface area contributed by atoms with E-state index in [1.807, 2.05) is 24.3 Å². The van der Waals surface area contributed by atoms with E-state index in [9.17, 15) is 9.90 Å². The van der Waals surface area contributed by atoms with Gasteiger partial charge in [0.1, 0.15) is 5.75 Å². The van der Waals surface area contributed by atoms with Gasteiger partial charge in [0.15, 0.2) is 0 Å². The van der Waals surface area contributed by atoms with Crippen molar-refractivity contribution in [3.8, 4) is 5.75 Å². The van der Waals surface area contributed by atoms with Gasteiger partial charge in [-0.2, -0.15) is 0 Å². The summed E-state index contributed by atoms with van der Waals surface area (Å²) in [5, 5.41) is 12.2. The molecule has 1 N–H and O–H groups in total. The van der Waals surface area contributed by atoms with E-state index < -0.39 is 0 Å². The molecule has 0 bridgehead atoms. The molecule has 0 unspecified atom stereocenters. The number of morpholine rings is 1. The molecule has 0 spiro atoms. The molecule has 1 heterocycles. The maximum atomic E-state index is 12.9. The van der Waals surface area contributed by atoms with Crippen LogP contribution in [-0.4, -0.2) is 49.3 Å². The van der Waals surface area contributed by atoms with E-state index in [1.165, 1.54) is 5.69 Å². The van der Waals surface area contributed by atoms with Crippen molar-refractivity contribution < 1.29 is 14.6 Å². The van der Waals surface area contributed by atoms with Crippen molar-refractivity contribution >= 4 is 22.4 Å². The first-order valence-electron chi connectivity index (χ1n) is 9.51. The van der Waals surface area contributed by atoms with Crippen LogP contribution in [-0.2, 0) is 11.3 Å². The fourth-order valence-corrected chi connectivity index (χ4v) is 3.58. The second kappa shape index (κ2) is 7.90. The monoisotopic (exact) mass is 376 g/mol. The van der Waals surface area contributed by atoms with Crippen LogP contribution in [0, 0.1) is 0 Å². The van der Waals surface area contributed by atoms with Crippen molar-refractivity contribution in [3.05, 3.63) is 71.8 Å². The van der Waals surface area contributed by atoms with Crippen molar-refractivity contribution in [2.75, 3.05) is 38.3 Å². The molecule has 0 aromatic heterocycles. The second-order valence-corrected chi connectivity index (χ2v) is 7.14. The SMILES string of the molecule is CN(Cc1ccc(N2CCOCC2)cc1)C(=O)c1cc2ccccc2cc1O. The van der Waals surface area contributed by atoms with Crippen LogP contribution in [0.2, 0.25) is 0 Å². The molecule has 3 aromatic carbocycles. The molecule has 0 atom stereocenters. The number of aromatic hydroxyl groups is 1. The maximum absolute atomic E-state index is 12.9. The number of anilines is 1. The fourth-order valence-electron chi connectivity index (χ4n) is 3.58. The van der Waals surface area contributed by atoms with Gasteiger partial charge >= 0.3 is 0 Å². The van der Waals surface area contributed by atoms with E-state index >= 15 is 0 Å². The zero-order valence-electron chi connectivity index (χ0n) is 16.0. The number of ether oxygens (including phenoxy) is 1. The molecule has 144 valence electrons. The standard InChI is InChI=1S/C23H24N2O3/c1-24(16-17-6-8-20(9-7-17)25-10-12-28-13-11-25)23(27)21-14-18-4-2-3-5-19(18)15-22(21)26/h2-9,14-15,26H,10-13,16H2,1H3. The van der Waals surface area contributed by atoms with Gasteiger partial charge < -0.3 is 19.6 Å². The van der Waals surface area contributed by atoms with E-state index in [0.29, 0.717) is 12.1 Å². The van der Waals surface area contributed by atoms with E-state index in [0.717, 1.165) is 42.6 Å². The van der Waals surface area contributed by atoms with Gasteiger partial charge in [-0.05, 0) is 40.6 Å². The van der Waals surface area contributed by atoms with E-state index in [2.05, 4.69) is 29.2 Å². The average molecular weight is 376 g/mol. The number of benzene rings is 3. The summed E-state index contributed by atoms with van der Waals surface area (Å²) in [6, 6.07) is 19.4. The predicted molar refractivity (Wildman–Crippen MR) is 111 cm³/mol. The Balaban J connectivity index is 1.48. The number of phenols is 1. The Hall–Kier alpha value is -3.05. The molecule has 1 fully saturated rings. The highest BCUT2D eigenvalue weighted by Crippen LogP contribution is 2.26. The highest BCUT2D eigenvalue weighted by Gasteiger charge is 2.17. The van der Waals surface area contributed by atoms with Gasteiger partial charge in [-0.15, -0.1) is 0 Å². The molecule has 1 aliphatic heterocycles. The summed E-state index contributed by atoms with van der Waals surface area (Å²) < 4.78 is 5.40. The molecule has 5 heteroatoms. The molecule has 5 nitrogen and oxygen atoms in total. The zero-order valence-corrected chi connectivity index (χ0v) is 16.0. The summed E-state index contributed by atoms with van der Waals surface area (Å²) >= 11 is 0. The molecule has 28 heavy (non-hydrogen) atoms. The Kier molecular flexibility index (Phi) is 5.17. The van der Waals surface area contributed by atoms with Gasteiger partial charge in [-0.1, -0.05) is 36.4 Å². The smallest absolute Gasteiger partial charge is 0.257 e. The normalized spacial score (nSPS) is 14.2. The minimum absolute atomic E-state index is 0.0122. The highest BCUT2D eigenvalue weighted by molar-refractivity contribution is 6.01. The van der Waals surface area contributed by atoms with E-state index in [-0.39, 0.29) is 11.7 Å². The molecule has 0 aliphatic carbocycles. The minimum atomic E-state index is -0.194. The Morgan fingerprint density at radius 3 is 2.36 bits per heavy atom. The zero-order chi connectivity index (χ0) is 19.5. The van der Waals surface area contributed by atoms with Crippen LogP contribution in [0.4, 0.5) is 5.69 Å². The molecule has 3 aromatic rings. The summed E-state index contributed by atoms with van der Waals surface area (Å²) in [5.74, 6) is -0.182. The number of hydrogen-bond acceptors (Lipinski definition) is 4. The Morgan fingerprint density at radius 2 is 1.68 bits per heavy atom. The van der Waals surface area contributed by atoms with Crippen LogP contribution in [0.1, 0.15) is 15.9 Å². The lowest BCUT2D eigenvalue weighted by Gasteiger charge is -2.29. The van der Waals surface area contributed by atoms with Gasteiger partial charge in [-0.3, -0.25) is 4.79 Å². The largest absolute Gasteiger partial charge is 0.507 e. The first-order chi connectivity index (χ1) is 13.6. The second-order valence-electron chi connectivity index (χ2n) is 7.14. The van der Waals surface area contributed by atoms with Crippen LogP contribution in [0.25, 0.3) is 10.8 Å². The number of carbonyl (C=O) groups is 1. The number of amides is 1. The third-order valence-electron chi connectivity index (χ3n) is 5.17. The number of rotatable bonds is 4. The van der Waals surface area contributed by atoms with Gasteiger partial charge in [0.05, 0.1) is 18.8 Å². The maximum Gasteiger partial charge on any atom is 0.257 e. The lowest BCUT2D eigenvalue weighted by molar-refractivity contribution is 0.0782. The fraction of sp³-hybridized carbons (Fsp3) is 0.261. The first-order valence-corrected chi connectivity index (χ1v) is 9.51. The predicted octanol–water partition coefficient (Wildman–Crippen LogP) is 3.65. The Morgan fingerprint density at radius 1 is 1.04 bits per heavy atom. The molecule has 1 aliphatic rings. The summed E-state index contributed by atoms with van der Waals surface area (Å²) in [4.78, 5) is 16.8. The minimum Gasteiger partial charge on any atom is -0.507 e. The van der Waals surface area contributed by atoms with Crippen LogP contribution >= 0.6 is 0 Å². The van der Waals surface area contributed by atoms with Crippen molar-refractivity contribution in [1.82, 2.24) is 4.90 Å². The van der Waals surface area contributed by atoms with Crippen molar-refractivity contribution in [2.24, 2.45) is 0 Å². The lowest BCUT2D eigenvalue weighted by Crippen LogP contribution is -2.36. The third-order valence-corrected chi connectivity index (χ3v) is 5.17. The van der Waals surface area contributed by atoms with Crippen LogP contribution < -0.4 is 4.90 Å². The number of fused-ring (bicyclic) bond motifs is 1. The summed E-state index contributed by atoms with van der Waals surface area (Å²) in [6.45, 7) is 3.80. The van der Waals surface area contributed by atoms with Gasteiger partial charge in [0.2, 0.25) is 0 Å². The number of phenolic OH excluding ortho intramolecular Hbond substituents is 1. The number of hydrogen-bond donors (Lipinski definition) is 1. The van der Waals surface area contributed by atoms with Crippen molar-refractivity contribution in [3.63, 3.8) is 0 Å². The topological polar surface area (TPSA) is 53.0 Å². The number of carbonyl (C=O) groups excluding carboxylic acids is 1. The lowest BCUT2D eigenvalue weighted by atomic mass is 10.0. The van der Waals surface area contributed by atoms with Gasteiger partial charge in [0, 0.05) is 32.4 Å². The summed E-state index contributed by atoms with van der Waals surface area (Å²) in [5.41, 5.74) is 2.55. The van der Waals surface area contributed by atoms with E-state index in [1.54, 1.807) is 24.1 Å². The van der Waals surface area contributed by atoms with E-state index in [4.69, 9.17) is 4.74 Å². The Labute approximate surface area is 164 Å². The highest BCUT2D eigenvalue weighted by atomic mass is 16.5. The molecular weight excluding hydrogens is 352 g/mol. The number of nitrogens with zero attached hydrogens (tertiary/aromatic N) is 2. The van der Waals surface area contributed by atoms with Crippen LogP contribution in [0.15, 0.2) is 60.7 Å². The van der Waals surface area contributed by atoms with Crippen LogP contribution in [0.5, 0.6) is 5.75 Å². The molecular formula is C23H24N2O3. The average Bonchev–Trinajstić information content (AvgIpc) is 2.74. The summed E-state index contributed by atoms with van der Waals surface area (Å²) in [6.07, 6.45) is 0. The molecule has 1 saturated heterocycles. The molecule has 0 saturated carbocycles. The van der Waals surface area contributed by atoms with Crippen molar-refractivity contribution in [1.29, 1.82) is 0 Å². The third kappa shape index (κ3) is 3.80. The van der Waals surface area contributed by atoms with Gasteiger partial charge in [0.25, 0.3) is 5.91 Å². The van der Waals surface area contributed by atoms with Crippen LogP contribution in [0.3, 0.4) is 0 Å². The van der Waals surface area contributed by atoms with Gasteiger partial charge in [-0.25, -0.2) is 0 Å². The molecule has 4 rings (SSSR count). The van der Waals surface area contributed by atoms with Crippen molar-refractivity contribution in [2.45, 2.75) is 6.54 Å². The first kappa shape index (κ1) is 18.3. The molecule has 0 radical (unpaired) electrons. The quantitative estimate of drug-likeness (QED) is 0.755. The molecule has 1 amide bonds.